The highest BCUT2D eigenvalue weighted by Crippen LogP contribution is 2.42. The van der Waals surface area contributed by atoms with E-state index in [-0.39, 0.29) is 37.2 Å². The number of carbonyl (C=O) groups excluding carboxylic acids is 1. The maximum absolute atomic E-state index is 11.3. The van der Waals surface area contributed by atoms with Gasteiger partial charge in [-0.3, -0.25) is 4.79 Å². The van der Waals surface area contributed by atoms with E-state index in [4.69, 9.17) is 14.6 Å². The van der Waals surface area contributed by atoms with Crippen LogP contribution in [0.3, 0.4) is 0 Å². The summed E-state index contributed by atoms with van der Waals surface area (Å²) in [5.41, 5.74) is 3.51. The number of ether oxygens (including phenoxy) is 2. The zero-order chi connectivity index (χ0) is 21.5. The normalized spacial score (nSPS) is 23.9. The van der Waals surface area contributed by atoms with E-state index >= 15 is 0 Å². The third-order valence-corrected chi connectivity index (χ3v) is 6.18. The van der Waals surface area contributed by atoms with Gasteiger partial charge in [0.2, 0.25) is 5.91 Å². The molecule has 0 aliphatic carbocycles. The minimum absolute atomic E-state index is 0.00810. The van der Waals surface area contributed by atoms with E-state index in [0.29, 0.717) is 5.75 Å². The zero-order valence-electron chi connectivity index (χ0n) is 17.3. The Morgan fingerprint density at radius 3 is 2.30 bits per heavy atom. The molecule has 1 heterocycles. The summed E-state index contributed by atoms with van der Waals surface area (Å²) in [7, 11) is 0. The van der Waals surface area contributed by atoms with Gasteiger partial charge in [-0.1, -0.05) is 43.3 Å². The largest absolute Gasteiger partial charge is 0.396 e. The lowest BCUT2D eigenvalue weighted by molar-refractivity contribution is -0.268. The van der Waals surface area contributed by atoms with Crippen molar-refractivity contribution in [1.82, 2.24) is 0 Å². The first-order chi connectivity index (χ1) is 14.5. The molecule has 3 rings (SSSR count). The van der Waals surface area contributed by atoms with Crippen LogP contribution in [0, 0.1) is 5.92 Å². The van der Waals surface area contributed by atoms with Crippen LogP contribution in [0.4, 0.5) is 5.69 Å². The highest BCUT2D eigenvalue weighted by atomic mass is 32.2. The quantitative estimate of drug-likeness (QED) is 0.553. The first-order valence-corrected chi connectivity index (χ1v) is 11.2. The molecule has 1 fully saturated rings. The zero-order valence-corrected chi connectivity index (χ0v) is 18.1. The second-order valence-corrected chi connectivity index (χ2v) is 8.57. The van der Waals surface area contributed by atoms with Gasteiger partial charge in [0.15, 0.2) is 6.29 Å². The number of nitrogens with one attached hydrogen (secondary N) is 1. The van der Waals surface area contributed by atoms with E-state index in [1.807, 2.05) is 48.5 Å². The molecule has 3 N–H and O–H groups in total. The molecule has 1 aliphatic rings. The van der Waals surface area contributed by atoms with Crippen LogP contribution in [-0.2, 0) is 20.9 Å². The van der Waals surface area contributed by atoms with E-state index in [1.54, 1.807) is 11.8 Å². The van der Waals surface area contributed by atoms with Gasteiger partial charge in [-0.25, -0.2) is 0 Å². The summed E-state index contributed by atoms with van der Waals surface area (Å²) < 4.78 is 12.7. The lowest BCUT2D eigenvalue weighted by Crippen LogP contribution is -2.38. The molecule has 162 valence electrons. The van der Waals surface area contributed by atoms with Crippen LogP contribution >= 0.6 is 11.8 Å². The number of thioether (sulfide) groups is 1. The van der Waals surface area contributed by atoms with Gasteiger partial charge >= 0.3 is 0 Å². The van der Waals surface area contributed by atoms with Crippen LogP contribution < -0.4 is 5.32 Å². The Hall–Kier alpha value is -1.90. The van der Waals surface area contributed by atoms with Crippen LogP contribution in [0.1, 0.15) is 42.9 Å². The Labute approximate surface area is 181 Å². The number of hydrogen-bond donors (Lipinski definition) is 3. The Morgan fingerprint density at radius 1 is 1.03 bits per heavy atom. The predicted octanol–water partition coefficient (Wildman–Crippen LogP) is 3.65. The Morgan fingerprint density at radius 2 is 1.70 bits per heavy atom. The smallest absolute Gasteiger partial charge is 0.221 e. The summed E-state index contributed by atoms with van der Waals surface area (Å²) in [6, 6.07) is 15.3. The number of carbonyl (C=O) groups is 1. The van der Waals surface area contributed by atoms with Crippen LogP contribution in [0.2, 0.25) is 0 Å². The van der Waals surface area contributed by atoms with Crippen molar-refractivity contribution in [3.8, 4) is 0 Å². The van der Waals surface area contributed by atoms with Gasteiger partial charge < -0.3 is 25.0 Å². The maximum atomic E-state index is 11.3. The topological polar surface area (TPSA) is 88.0 Å². The average molecular weight is 432 g/mol. The number of aliphatic hydroxyl groups excluding tert-OH is 2. The lowest BCUT2D eigenvalue weighted by Gasteiger charge is -2.41. The van der Waals surface area contributed by atoms with E-state index in [1.165, 1.54) is 6.92 Å². The first-order valence-electron chi connectivity index (χ1n) is 10.1. The van der Waals surface area contributed by atoms with Crippen molar-refractivity contribution in [2.75, 3.05) is 23.4 Å². The third-order valence-electron chi connectivity index (χ3n) is 5.14. The molecule has 0 bridgehead atoms. The maximum Gasteiger partial charge on any atom is 0.221 e. The number of amides is 1. The van der Waals surface area contributed by atoms with Crippen molar-refractivity contribution in [2.45, 2.75) is 39.0 Å². The molecule has 2 aromatic rings. The van der Waals surface area contributed by atoms with Crippen molar-refractivity contribution in [3.05, 3.63) is 65.2 Å². The summed E-state index contributed by atoms with van der Waals surface area (Å²) in [6.07, 6.45) is -0.737. The average Bonchev–Trinajstić information content (AvgIpc) is 2.75. The summed E-state index contributed by atoms with van der Waals surface area (Å²) >= 11 is 1.66. The summed E-state index contributed by atoms with van der Waals surface area (Å²) in [5, 5.41) is 21.2. The Bertz CT molecular complexity index is 811. The van der Waals surface area contributed by atoms with E-state index in [0.717, 1.165) is 28.1 Å². The molecule has 6 nitrogen and oxygen atoms in total. The van der Waals surface area contributed by atoms with Gasteiger partial charge in [-0.15, -0.1) is 0 Å². The fourth-order valence-electron chi connectivity index (χ4n) is 3.50. The molecule has 0 unspecified atom stereocenters. The Kier molecular flexibility index (Phi) is 8.30. The molecule has 1 aliphatic heterocycles. The van der Waals surface area contributed by atoms with Crippen LogP contribution in [-0.4, -0.2) is 40.3 Å². The van der Waals surface area contributed by atoms with Crippen molar-refractivity contribution in [2.24, 2.45) is 5.92 Å². The second-order valence-electron chi connectivity index (χ2n) is 7.42. The second kappa shape index (κ2) is 10.9. The SMILES string of the molecule is CC(=O)Nc1ccc([C@@H]2O[C@H](CSCCO)[C@H](C)[C@H](c3ccc(CO)cc3)O2)cc1. The van der Waals surface area contributed by atoms with Gasteiger partial charge in [0.1, 0.15) is 0 Å². The van der Waals surface area contributed by atoms with Gasteiger partial charge in [0.25, 0.3) is 0 Å². The monoisotopic (exact) mass is 431 g/mol. The van der Waals surface area contributed by atoms with E-state index in [2.05, 4.69) is 12.2 Å². The fourth-order valence-corrected chi connectivity index (χ4v) is 4.41. The minimum atomic E-state index is -0.533. The molecule has 1 amide bonds. The highest BCUT2D eigenvalue weighted by molar-refractivity contribution is 7.99. The molecule has 30 heavy (non-hydrogen) atoms. The molecule has 2 aromatic carbocycles. The van der Waals surface area contributed by atoms with Crippen LogP contribution in [0.5, 0.6) is 0 Å². The van der Waals surface area contributed by atoms with Crippen molar-refractivity contribution in [3.63, 3.8) is 0 Å². The molecule has 1 saturated heterocycles. The number of anilines is 1. The van der Waals surface area contributed by atoms with E-state index in [9.17, 15) is 9.90 Å². The molecular weight excluding hydrogens is 402 g/mol. The van der Waals surface area contributed by atoms with Crippen LogP contribution in [0.15, 0.2) is 48.5 Å². The summed E-state index contributed by atoms with van der Waals surface area (Å²) in [4.78, 5) is 11.3. The van der Waals surface area contributed by atoms with Crippen molar-refractivity contribution >= 4 is 23.4 Å². The molecule has 0 radical (unpaired) electrons. The third kappa shape index (κ3) is 5.83. The van der Waals surface area contributed by atoms with Gasteiger partial charge in [0.05, 0.1) is 25.4 Å². The first kappa shape index (κ1) is 22.8. The number of benzene rings is 2. The molecule has 0 spiro atoms. The molecular formula is C23H29NO5S. The number of hydrogen-bond acceptors (Lipinski definition) is 6. The number of rotatable bonds is 8. The molecule has 0 aromatic heterocycles. The Balaban J connectivity index is 1.82. The van der Waals surface area contributed by atoms with Crippen molar-refractivity contribution < 1.29 is 24.5 Å². The number of aliphatic hydroxyl groups is 2. The van der Waals surface area contributed by atoms with Gasteiger partial charge in [0, 0.05) is 35.6 Å². The van der Waals surface area contributed by atoms with Gasteiger partial charge in [-0.05, 0) is 23.3 Å². The minimum Gasteiger partial charge on any atom is -0.396 e. The van der Waals surface area contributed by atoms with Gasteiger partial charge in [-0.2, -0.15) is 11.8 Å². The highest BCUT2D eigenvalue weighted by Gasteiger charge is 2.38. The fraction of sp³-hybridized carbons (Fsp3) is 0.435. The molecule has 7 heteroatoms. The lowest BCUT2D eigenvalue weighted by atomic mass is 9.91. The van der Waals surface area contributed by atoms with E-state index < -0.39 is 6.29 Å². The summed E-state index contributed by atoms with van der Waals surface area (Å²) in [6.45, 7) is 3.74. The molecule has 0 saturated carbocycles. The molecule has 4 atom stereocenters. The standard InChI is InChI=1S/C23H29NO5S/c1-15-21(14-30-12-11-25)28-23(19-7-9-20(10-8-19)24-16(2)27)29-22(15)18-5-3-17(13-26)4-6-18/h3-10,15,21-23,25-26H,11-14H2,1-2H3,(H,24,27)/t15-,21+,22+,23+/m0/s1. The predicted molar refractivity (Wildman–Crippen MR) is 118 cm³/mol. The van der Waals surface area contributed by atoms with Crippen molar-refractivity contribution in [1.29, 1.82) is 0 Å². The van der Waals surface area contributed by atoms with Crippen LogP contribution in [0.25, 0.3) is 0 Å². The summed E-state index contributed by atoms with van der Waals surface area (Å²) in [5.74, 6) is 1.43.